The van der Waals surface area contributed by atoms with Crippen LogP contribution in [0.15, 0.2) is 8.86 Å². The van der Waals surface area contributed by atoms with E-state index in [9.17, 15) is 0 Å². The molecule has 1 aliphatic heterocycles. The molecule has 9 heteroatoms. The molecular weight excluding hydrogens is 310 g/mol. The van der Waals surface area contributed by atoms with Gasteiger partial charge in [-0.05, 0) is 26.7 Å². The van der Waals surface area contributed by atoms with Gasteiger partial charge in [-0.2, -0.15) is 4.98 Å². The van der Waals surface area contributed by atoms with E-state index in [0.29, 0.717) is 17.8 Å². The van der Waals surface area contributed by atoms with Gasteiger partial charge in [0.1, 0.15) is 0 Å². The highest BCUT2D eigenvalue weighted by Gasteiger charge is 2.18. The zero-order valence-corrected chi connectivity index (χ0v) is 13.5. The van der Waals surface area contributed by atoms with E-state index >= 15 is 0 Å². The number of nitrogens with zero attached hydrogens (tertiary/aromatic N) is 4. The molecule has 114 valence electrons. The predicted molar refractivity (Wildman–Crippen MR) is 80.7 cm³/mol. The Morgan fingerprint density at radius 2 is 2.38 bits per heavy atom. The molecule has 3 heterocycles. The van der Waals surface area contributed by atoms with Crippen LogP contribution in [0, 0.1) is 6.92 Å². The molecule has 2 atom stereocenters. The Morgan fingerprint density at radius 3 is 3.10 bits per heavy atom. The van der Waals surface area contributed by atoms with Crippen LogP contribution in [0.5, 0.6) is 0 Å². The van der Waals surface area contributed by atoms with E-state index in [-0.39, 0.29) is 5.25 Å². The van der Waals surface area contributed by atoms with Crippen molar-refractivity contribution in [3.05, 3.63) is 11.7 Å². The lowest BCUT2D eigenvalue weighted by Crippen LogP contribution is -2.18. The maximum absolute atomic E-state index is 5.57. The highest BCUT2D eigenvalue weighted by Crippen LogP contribution is 2.36. The van der Waals surface area contributed by atoms with E-state index in [0.717, 1.165) is 35.5 Å². The smallest absolute Gasteiger partial charge is 0.239 e. The molecular formula is C12H17N5O2S2. The van der Waals surface area contributed by atoms with Crippen LogP contribution in [0.1, 0.15) is 36.7 Å². The number of nitrogens with one attached hydrogen (secondary N) is 1. The summed E-state index contributed by atoms with van der Waals surface area (Å²) >= 11 is 3.10. The maximum Gasteiger partial charge on any atom is 0.239 e. The molecule has 21 heavy (non-hydrogen) atoms. The quantitative estimate of drug-likeness (QED) is 0.810. The van der Waals surface area contributed by atoms with Crippen molar-refractivity contribution in [2.75, 3.05) is 18.5 Å². The Hall–Kier alpha value is -1.19. The van der Waals surface area contributed by atoms with Crippen molar-refractivity contribution in [3.8, 4) is 0 Å². The summed E-state index contributed by atoms with van der Waals surface area (Å²) in [4.78, 5) is 4.23. The second kappa shape index (κ2) is 6.71. The SMILES string of the molecule is Cc1noc(C(C)Sc2nnc(NCC3CCCO3)s2)n1. The molecule has 1 aliphatic rings. The number of hydrogen-bond acceptors (Lipinski definition) is 9. The van der Waals surface area contributed by atoms with E-state index in [2.05, 4.69) is 25.7 Å². The van der Waals surface area contributed by atoms with Crippen molar-refractivity contribution < 1.29 is 9.26 Å². The van der Waals surface area contributed by atoms with Crippen molar-refractivity contribution in [2.45, 2.75) is 42.4 Å². The number of anilines is 1. The summed E-state index contributed by atoms with van der Waals surface area (Å²) in [6, 6.07) is 0. The van der Waals surface area contributed by atoms with Crippen LogP contribution in [0.4, 0.5) is 5.13 Å². The second-order valence-corrected chi connectivity index (χ2v) is 7.39. The minimum absolute atomic E-state index is 0.0603. The first-order valence-corrected chi connectivity index (χ1v) is 8.56. The van der Waals surface area contributed by atoms with Crippen LogP contribution in [-0.4, -0.2) is 39.6 Å². The molecule has 0 aromatic carbocycles. The second-order valence-electron chi connectivity index (χ2n) is 4.83. The first-order valence-electron chi connectivity index (χ1n) is 6.86. The molecule has 0 bridgehead atoms. The van der Waals surface area contributed by atoms with Gasteiger partial charge in [-0.15, -0.1) is 10.2 Å². The van der Waals surface area contributed by atoms with E-state index in [1.807, 2.05) is 13.8 Å². The predicted octanol–water partition coefficient (Wildman–Crippen LogP) is 2.67. The van der Waals surface area contributed by atoms with Crippen molar-refractivity contribution in [3.63, 3.8) is 0 Å². The van der Waals surface area contributed by atoms with Crippen LogP contribution < -0.4 is 5.32 Å². The Morgan fingerprint density at radius 1 is 1.48 bits per heavy atom. The van der Waals surface area contributed by atoms with E-state index < -0.39 is 0 Å². The van der Waals surface area contributed by atoms with Crippen molar-refractivity contribution in [1.82, 2.24) is 20.3 Å². The molecule has 3 rings (SSSR count). The summed E-state index contributed by atoms with van der Waals surface area (Å²) in [5.41, 5.74) is 0. The molecule has 2 aromatic rings. The van der Waals surface area contributed by atoms with Crippen LogP contribution in [0.3, 0.4) is 0 Å². The summed E-state index contributed by atoms with van der Waals surface area (Å²) in [5.74, 6) is 1.26. The average molecular weight is 327 g/mol. The summed E-state index contributed by atoms with van der Waals surface area (Å²) < 4.78 is 11.6. The van der Waals surface area contributed by atoms with Crippen LogP contribution >= 0.6 is 23.1 Å². The van der Waals surface area contributed by atoms with E-state index in [1.165, 1.54) is 11.3 Å². The van der Waals surface area contributed by atoms with Gasteiger partial charge in [-0.25, -0.2) is 0 Å². The zero-order chi connectivity index (χ0) is 14.7. The van der Waals surface area contributed by atoms with Crippen molar-refractivity contribution >= 4 is 28.2 Å². The molecule has 1 saturated heterocycles. The summed E-state index contributed by atoms with van der Waals surface area (Å²) in [5, 5.41) is 16.3. The summed E-state index contributed by atoms with van der Waals surface area (Å²) in [6.07, 6.45) is 2.55. The highest BCUT2D eigenvalue weighted by atomic mass is 32.2. The fourth-order valence-corrected chi connectivity index (χ4v) is 3.95. The minimum Gasteiger partial charge on any atom is -0.376 e. The Balaban J connectivity index is 1.52. The van der Waals surface area contributed by atoms with Gasteiger partial charge in [0.05, 0.1) is 11.4 Å². The Labute approximate surface area is 130 Å². The molecule has 2 aromatic heterocycles. The van der Waals surface area contributed by atoms with Gasteiger partial charge < -0.3 is 14.6 Å². The standard InChI is InChI=1S/C12H17N5O2S2/c1-7(10-14-8(2)17-19-10)20-12-16-15-11(21-12)13-6-9-4-3-5-18-9/h7,9H,3-6H2,1-2H3,(H,13,15). The van der Waals surface area contributed by atoms with Gasteiger partial charge in [0.15, 0.2) is 10.2 Å². The van der Waals surface area contributed by atoms with Gasteiger partial charge in [0, 0.05) is 13.2 Å². The molecule has 0 aliphatic carbocycles. The Bertz CT molecular complexity index is 582. The van der Waals surface area contributed by atoms with Gasteiger partial charge >= 0.3 is 0 Å². The van der Waals surface area contributed by atoms with Crippen LogP contribution in [-0.2, 0) is 4.74 Å². The van der Waals surface area contributed by atoms with E-state index in [4.69, 9.17) is 9.26 Å². The third-order valence-electron chi connectivity index (χ3n) is 3.08. The molecule has 0 spiro atoms. The fourth-order valence-electron chi connectivity index (χ4n) is 2.02. The lowest BCUT2D eigenvalue weighted by molar-refractivity contribution is 0.120. The number of rotatable bonds is 6. The van der Waals surface area contributed by atoms with Gasteiger partial charge in [0.2, 0.25) is 11.0 Å². The number of ether oxygens (including phenoxy) is 1. The molecule has 7 nitrogen and oxygen atoms in total. The minimum atomic E-state index is 0.0603. The topological polar surface area (TPSA) is 86.0 Å². The van der Waals surface area contributed by atoms with Gasteiger partial charge in [0.25, 0.3) is 0 Å². The normalized spacial score (nSPS) is 19.8. The molecule has 2 unspecified atom stereocenters. The number of hydrogen-bond donors (Lipinski definition) is 1. The first kappa shape index (κ1) is 14.7. The third kappa shape index (κ3) is 3.92. The van der Waals surface area contributed by atoms with Gasteiger partial charge in [-0.3, -0.25) is 0 Å². The molecule has 0 saturated carbocycles. The fraction of sp³-hybridized carbons (Fsp3) is 0.667. The number of aromatic nitrogens is 4. The highest BCUT2D eigenvalue weighted by molar-refractivity contribution is 8.01. The van der Waals surface area contributed by atoms with Crippen LogP contribution in [0.25, 0.3) is 0 Å². The van der Waals surface area contributed by atoms with Crippen molar-refractivity contribution in [1.29, 1.82) is 0 Å². The van der Waals surface area contributed by atoms with Gasteiger partial charge in [-0.1, -0.05) is 28.3 Å². The monoisotopic (exact) mass is 327 g/mol. The molecule has 1 fully saturated rings. The van der Waals surface area contributed by atoms with E-state index in [1.54, 1.807) is 11.8 Å². The molecule has 0 radical (unpaired) electrons. The van der Waals surface area contributed by atoms with Crippen LogP contribution in [0.2, 0.25) is 0 Å². The van der Waals surface area contributed by atoms with Crippen molar-refractivity contribution in [2.24, 2.45) is 0 Å². The number of thioether (sulfide) groups is 1. The molecule has 1 N–H and O–H groups in total. The lowest BCUT2D eigenvalue weighted by atomic mass is 10.2. The summed E-state index contributed by atoms with van der Waals surface area (Å²) in [7, 11) is 0. The third-order valence-corrected chi connectivity index (χ3v) is 5.13. The largest absolute Gasteiger partial charge is 0.376 e. The average Bonchev–Trinajstić information content (AvgIpc) is 3.17. The number of aryl methyl sites for hydroxylation is 1. The zero-order valence-electron chi connectivity index (χ0n) is 11.9. The summed E-state index contributed by atoms with van der Waals surface area (Å²) in [6.45, 7) is 5.48. The maximum atomic E-state index is 5.57. The molecule has 0 amide bonds. The Kier molecular flexibility index (Phi) is 4.71. The lowest BCUT2D eigenvalue weighted by Gasteiger charge is -2.08. The first-order chi connectivity index (χ1) is 10.2.